The number of carbonyl (C=O) groups excluding carboxylic acids is 1. The first-order valence-corrected chi connectivity index (χ1v) is 7.92. The van der Waals surface area contributed by atoms with Gasteiger partial charge in [0.15, 0.2) is 0 Å². The minimum absolute atomic E-state index is 0.118. The molecule has 6 nitrogen and oxygen atoms in total. The van der Waals surface area contributed by atoms with Crippen LogP contribution >= 0.6 is 0 Å². The Bertz CT molecular complexity index is 578. The SMILES string of the molecule is CC(C)(C)OCN(CC(=O)OC(C)(C)C)Cc1ccc(C#N)nc1. The standard InChI is InChI=1S/C18H27N3O3/c1-17(2,3)23-13-21(12-16(22)24-18(4,5)6)11-14-7-8-15(9-19)20-10-14/h7-8,10H,11-13H2,1-6H3. The topological polar surface area (TPSA) is 75.4 Å². The van der Waals surface area contributed by atoms with Crippen molar-refractivity contribution in [3.63, 3.8) is 0 Å². The Morgan fingerprint density at radius 1 is 1.21 bits per heavy atom. The molecule has 0 unspecified atom stereocenters. The van der Waals surface area contributed by atoms with E-state index in [-0.39, 0.29) is 18.1 Å². The summed E-state index contributed by atoms with van der Waals surface area (Å²) in [6, 6.07) is 5.47. The van der Waals surface area contributed by atoms with E-state index < -0.39 is 5.60 Å². The Balaban J connectivity index is 2.76. The first-order valence-electron chi connectivity index (χ1n) is 7.92. The normalized spacial score (nSPS) is 12.1. The van der Waals surface area contributed by atoms with Gasteiger partial charge in [0.05, 0.1) is 12.1 Å². The third-order valence-corrected chi connectivity index (χ3v) is 2.80. The summed E-state index contributed by atoms with van der Waals surface area (Å²) in [5.41, 5.74) is 0.428. The molecule has 0 bridgehead atoms. The van der Waals surface area contributed by atoms with Crippen LogP contribution in [-0.4, -0.2) is 40.3 Å². The fourth-order valence-corrected chi connectivity index (χ4v) is 1.83. The average Bonchev–Trinajstić information content (AvgIpc) is 2.42. The molecule has 1 rings (SSSR count). The maximum atomic E-state index is 12.1. The van der Waals surface area contributed by atoms with Gasteiger partial charge < -0.3 is 9.47 Å². The van der Waals surface area contributed by atoms with Gasteiger partial charge in [0.25, 0.3) is 0 Å². The molecule has 0 N–H and O–H groups in total. The number of esters is 1. The number of nitriles is 1. The average molecular weight is 333 g/mol. The van der Waals surface area contributed by atoms with Crippen molar-refractivity contribution in [1.29, 1.82) is 5.26 Å². The molecule has 24 heavy (non-hydrogen) atoms. The number of nitrogens with zero attached hydrogens (tertiary/aromatic N) is 3. The molecule has 0 fully saturated rings. The molecule has 6 heteroatoms. The van der Waals surface area contributed by atoms with Crippen molar-refractivity contribution >= 4 is 5.97 Å². The van der Waals surface area contributed by atoms with Crippen LogP contribution in [0.1, 0.15) is 52.8 Å². The van der Waals surface area contributed by atoms with Crippen molar-refractivity contribution in [2.24, 2.45) is 0 Å². The van der Waals surface area contributed by atoms with Crippen LogP contribution < -0.4 is 0 Å². The van der Waals surface area contributed by atoms with Crippen LogP contribution in [-0.2, 0) is 20.8 Å². The lowest BCUT2D eigenvalue weighted by molar-refractivity contribution is -0.159. The zero-order valence-corrected chi connectivity index (χ0v) is 15.4. The number of carbonyl (C=O) groups is 1. The van der Waals surface area contributed by atoms with Crippen LogP contribution in [0.15, 0.2) is 18.3 Å². The highest BCUT2D eigenvalue weighted by atomic mass is 16.6. The van der Waals surface area contributed by atoms with Crippen LogP contribution in [0.2, 0.25) is 0 Å². The van der Waals surface area contributed by atoms with Crippen LogP contribution in [0, 0.1) is 11.3 Å². The summed E-state index contributed by atoms with van der Waals surface area (Å²) in [6.07, 6.45) is 1.64. The number of ether oxygens (including phenoxy) is 2. The van der Waals surface area contributed by atoms with Gasteiger partial charge >= 0.3 is 5.97 Å². The summed E-state index contributed by atoms with van der Waals surface area (Å²) >= 11 is 0. The van der Waals surface area contributed by atoms with Crippen LogP contribution in [0.4, 0.5) is 0 Å². The van der Waals surface area contributed by atoms with Gasteiger partial charge in [-0.25, -0.2) is 4.98 Å². The molecule has 0 aromatic carbocycles. The molecule has 0 aliphatic carbocycles. The lowest BCUT2D eigenvalue weighted by Crippen LogP contribution is -2.38. The Morgan fingerprint density at radius 2 is 1.88 bits per heavy atom. The number of aromatic nitrogens is 1. The second-order valence-corrected chi connectivity index (χ2v) is 7.62. The number of hydrogen-bond donors (Lipinski definition) is 0. The molecule has 0 amide bonds. The third-order valence-electron chi connectivity index (χ3n) is 2.80. The van der Waals surface area contributed by atoms with Gasteiger partial charge in [0, 0.05) is 12.7 Å². The van der Waals surface area contributed by atoms with Crippen LogP contribution in [0.5, 0.6) is 0 Å². The number of rotatable bonds is 6. The highest BCUT2D eigenvalue weighted by Crippen LogP contribution is 2.12. The zero-order chi connectivity index (χ0) is 18.4. The Labute approximate surface area is 144 Å². The summed E-state index contributed by atoms with van der Waals surface area (Å²) in [4.78, 5) is 18.0. The predicted octanol–water partition coefficient (Wildman–Crippen LogP) is 2.87. The lowest BCUT2D eigenvalue weighted by Gasteiger charge is -2.28. The van der Waals surface area contributed by atoms with Crippen LogP contribution in [0.25, 0.3) is 0 Å². The monoisotopic (exact) mass is 333 g/mol. The van der Waals surface area contributed by atoms with Crippen molar-refractivity contribution in [3.05, 3.63) is 29.6 Å². The van der Waals surface area contributed by atoms with Crippen molar-refractivity contribution in [3.8, 4) is 6.07 Å². The van der Waals surface area contributed by atoms with E-state index >= 15 is 0 Å². The summed E-state index contributed by atoms with van der Waals surface area (Å²) < 4.78 is 11.2. The summed E-state index contributed by atoms with van der Waals surface area (Å²) in [7, 11) is 0. The minimum atomic E-state index is -0.524. The van der Waals surface area contributed by atoms with E-state index in [4.69, 9.17) is 14.7 Å². The van der Waals surface area contributed by atoms with Gasteiger partial charge in [-0.2, -0.15) is 5.26 Å². The number of pyridine rings is 1. The van der Waals surface area contributed by atoms with Gasteiger partial charge in [0.2, 0.25) is 0 Å². The quantitative estimate of drug-likeness (QED) is 0.588. The molecule has 0 atom stereocenters. The second-order valence-electron chi connectivity index (χ2n) is 7.62. The molecule has 0 saturated carbocycles. The fraction of sp³-hybridized carbons (Fsp3) is 0.611. The minimum Gasteiger partial charge on any atom is -0.459 e. The summed E-state index contributed by atoms with van der Waals surface area (Å²) in [6.45, 7) is 12.3. The molecule has 1 aromatic heterocycles. The van der Waals surface area contributed by atoms with Crippen molar-refractivity contribution in [2.75, 3.05) is 13.3 Å². The molecule has 0 saturated heterocycles. The molecular formula is C18H27N3O3. The molecule has 0 aliphatic heterocycles. The summed E-state index contributed by atoms with van der Waals surface area (Å²) in [5.74, 6) is -0.304. The maximum Gasteiger partial charge on any atom is 0.320 e. The van der Waals surface area contributed by atoms with E-state index in [1.807, 2.05) is 58.6 Å². The van der Waals surface area contributed by atoms with Crippen molar-refractivity contribution in [1.82, 2.24) is 9.88 Å². The fourth-order valence-electron chi connectivity index (χ4n) is 1.83. The molecule has 1 aromatic rings. The summed E-state index contributed by atoms with van der Waals surface area (Å²) in [5, 5.41) is 8.81. The molecule has 0 aliphatic rings. The van der Waals surface area contributed by atoms with E-state index in [1.54, 1.807) is 12.3 Å². The third kappa shape index (κ3) is 8.61. The van der Waals surface area contributed by atoms with Gasteiger partial charge in [-0.05, 0) is 53.2 Å². The van der Waals surface area contributed by atoms with Gasteiger partial charge in [-0.3, -0.25) is 9.69 Å². The smallest absolute Gasteiger partial charge is 0.320 e. The predicted molar refractivity (Wildman–Crippen MR) is 90.9 cm³/mol. The van der Waals surface area contributed by atoms with E-state index in [0.29, 0.717) is 19.0 Å². The highest BCUT2D eigenvalue weighted by molar-refractivity contribution is 5.72. The molecule has 0 radical (unpaired) electrons. The van der Waals surface area contributed by atoms with Gasteiger partial charge in [-0.15, -0.1) is 0 Å². The van der Waals surface area contributed by atoms with E-state index in [9.17, 15) is 4.79 Å². The second kappa shape index (κ2) is 8.22. The number of hydrogen-bond acceptors (Lipinski definition) is 6. The largest absolute Gasteiger partial charge is 0.459 e. The first-order chi connectivity index (χ1) is 11.0. The Kier molecular flexibility index (Phi) is 6.88. The lowest BCUT2D eigenvalue weighted by atomic mass is 10.2. The Hall–Kier alpha value is -1.97. The Morgan fingerprint density at radius 3 is 2.33 bits per heavy atom. The zero-order valence-electron chi connectivity index (χ0n) is 15.4. The van der Waals surface area contributed by atoms with Crippen molar-refractivity contribution < 1.29 is 14.3 Å². The molecule has 132 valence electrons. The molecular weight excluding hydrogens is 306 g/mol. The van der Waals surface area contributed by atoms with Crippen LogP contribution in [0.3, 0.4) is 0 Å². The van der Waals surface area contributed by atoms with E-state index in [0.717, 1.165) is 5.56 Å². The van der Waals surface area contributed by atoms with Gasteiger partial charge in [0.1, 0.15) is 24.1 Å². The van der Waals surface area contributed by atoms with Gasteiger partial charge in [-0.1, -0.05) is 6.07 Å². The van der Waals surface area contributed by atoms with Crippen molar-refractivity contribution in [2.45, 2.75) is 59.3 Å². The maximum absolute atomic E-state index is 12.1. The molecule has 1 heterocycles. The molecule has 0 spiro atoms. The van der Waals surface area contributed by atoms with E-state index in [2.05, 4.69) is 4.98 Å². The first kappa shape index (κ1) is 20.1. The van der Waals surface area contributed by atoms with E-state index in [1.165, 1.54) is 0 Å². The highest BCUT2D eigenvalue weighted by Gasteiger charge is 2.21.